The molecule has 0 spiro atoms. The molecule has 0 aliphatic carbocycles. The summed E-state index contributed by atoms with van der Waals surface area (Å²) in [6.45, 7) is 4.18. The molecule has 0 aromatic rings. The lowest BCUT2D eigenvalue weighted by molar-refractivity contribution is -0.139. The van der Waals surface area contributed by atoms with E-state index in [1.807, 2.05) is 19.2 Å². The molecule has 0 bridgehead atoms. The van der Waals surface area contributed by atoms with Crippen molar-refractivity contribution in [1.29, 1.82) is 0 Å². The summed E-state index contributed by atoms with van der Waals surface area (Å²) in [5.41, 5.74) is 0. The minimum Gasteiger partial charge on any atom is -0.346 e. The van der Waals surface area contributed by atoms with E-state index in [1.165, 1.54) is 0 Å². The van der Waals surface area contributed by atoms with E-state index in [9.17, 15) is 18.0 Å². The second kappa shape index (κ2) is 6.73. The average molecular weight is 240 g/mol. The van der Waals surface area contributed by atoms with E-state index in [0.717, 1.165) is 12.8 Å². The van der Waals surface area contributed by atoms with Gasteiger partial charge in [0.05, 0.1) is 6.04 Å². The number of nitrogens with one attached hydrogen (secondary N) is 2. The summed E-state index contributed by atoms with van der Waals surface area (Å²) in [5.74, 6) is -0.625. The number of hydrogen-bond donors (Lipinski definition) is 2. The Morgan fingerprint density at radius 1 is 1.31 bits per heavy atom. The Morgan fingerprint density at radius 2 is 1.88 bits per heavy atom. The SMILES string of the molecule is CCCC(C)NC(C)C(=O)NCC(F)(F)F. The molecule has 2 N–H and O–H groups in total. The van der Waals surface area contributed by atoms with Crippen molar-refractivity contribution in [3.8, 4) is 0 Å². The van der Waals surface area contributed by atoms with E-state index in [0.29, 0.717) is 0 Å². The molecule has 6 heteroatoms. The first kappa shape index (κ1) is 15.2. The lowest BCUT2D eigenvalue weighted by Gasteiger charge is -2.19. The summed E-state index contributed by atoms with van der Waals surface area (Å²) in [4.78, 5) is 11.3. The average Bonchev–Trinajstić information content (AvgIpc) is 2.13. The molecule has 0 radical (unpaired) electrons. The summed E-state index contributed by atoms with van der Waals surface area (Å²) in [6, 6.07) is -0.486. The third-order valence-electron chi connectivity index (χ3n) is 2.11. The van der Waals surface area contributed by atoms with Crippen LogP contribution in [0.4, 0.5) is 13.2 Å². The molecule has 0 fully saturated rings. The van der Waals surface area contributed by atoms with Crippen molar-refractivity contribution in [2.45, 2.75) is 51.9 Å². The maximum atomic E-state index is 11.8. The summed E-state index contributed by atoms with van der Waals surface area (Å²) in [5, 5.41) is 4.78. The van der Waals surface area contributed by atoms with Crippen molar-refractivity contribution in [3.63, 3.8) is 0 Å². The van der Waals surface area contributed by atoms with Gasteiger partial charge in [-0.2, -0.15) is 13.2 Å². The predicted molar refractivity (Wildman–Crippen MR) is 56.0 cm³/mol. The van der Waals surface area contributed by atoms with Crippen molar-refractivity contribution in [2.75, 3.05) is 6.54 Å². The van der Waals surface area contributed by atoms with Crippen LogP contribution in [0.25, 0.3) is 0 Å². The van der Waals surface area contributed by atoms with Gasteiger partial charge in [0.15, 0.2) is 0 Å². The molecule has 0 aliphatic heterocycles. The Bertz CT molecular complexity index is 219. The molecule has 3 nitrogen and oxygen atoms in total. The molecule has 2 unspecified atom stereocenters. The second-order valence-corrected chi connectivity index (χ2v) is 3.91. The largest absolute Gasteiger partial charge is 0.405 e. The van der Waals surface area contributed by atoms with Crippen LogP contribution in [0.1, 0.15) is 33.6 Å². The fraction of sp³-hybridized carbons (Fsp3) is 0.900. The standard InChI is InChI=1S/C10H19F3N2O/c1-4-5-7(2)15-8(3)9(16)14-6-10(11,12)13/h7-8,15H,4-6H2,1-3H3,(H,14,16). The summed E-state index contributed by atoms with van der Waals surface area (Å²) >= 11 is 0. The van der Waals surface area contributed by atoms with Gasteiger partial charge in [0.2, 0.25) is 5.91 Å². The topological polar surface area (TPSA) is 41.1 Å². The normalized spacial score (nSPS) is 15.6. The highest BCUT2D eigenvalue weighted by atomic mass is 19.4. The molecule has 96 valence electrons. The number of amides is 1. The number of hydrogen-bond acceptors (Lipinski definition) is 2. The van der Waals surface area contributed by atoms with Crippen molar-refractivity contribution in [3.05, 3.63) is 0 Å². The lowest BCUT2D eigenvalue weighted by Crippen LogP contribution is -2.47. The quantitative estimate of drug-likeness (QED) is 0.743. The number of carbonyl (C=O) groups excluding carboxylic acids is 1. The summed E-state index contributed by atoms with van der Waals surface area (Å²) < 4.78 is 35.5. The van der Waals surface area contributed by atoms with Crippen LogP contribution in [0.3, 0.4) is 0 Å². The molecule has 0 aliphatic rings. The Labute approximate surface area is 93.8 Å². The maximum Gasteiger partial charge on any atom is 0.405 e. The van der Waals surface area contributed by atoms with Crippen LogP contribution in [0.15, 0.2) is 0 Å². The van der Waals surface area contributed by atoms with Gasteiger partial charge in [-0.05, 0) is 20.3 Å². The van der Waals surface area contributed by atoms with E-state index in [2.05, 4.69) is 5.32 Å². The van der Waals surface area contributed by atoms with Gasteiger partial charge in [0, 0.05) is 6.04 Å². The van der Waals surface area contributed by atoms with Crippen LogP contribution in [0.5, 0.6) is 0 Å². The third-order valence-corrected chi connectivity index (χ3v) is 2.11. The fourth-order valence-corrected chi connectivity index (χ4v) is 1.36. The first-order chi connectivity index (χ1) is 7.26. The van der Waals surface area contributed by atoms with Crippen molar-refractivity contribution in [1.82, 2.24) is 10.6 Å². The monoisotopic (exact) mass is 240 g/mol. The van der Waals surface area contributed by atoms with Crippen LogP contribution in [-0.4, -0.2) is 30.7 Å². The zero-order valence-corrected chi connectivity index (χ0v) is 9.82. The highest BCUT2D eigenvalue weighted by Gasteiger charge is 2.28. The predicted octanol–water partition coefficient (Wildman–Crippen LogP) is 1.83. The molecule has 0 rings (SSSR count). The van der Waals surface area contributed by atoms with Gasteiger partial charge in [-0.1, -0.05) is 13.3 Å². The Balaban J connectivity index is 3.90. The minimum absolute atomic E-state index is 0.122. The lowest BCUT2D eigenvalue weighted by atomic mass is 10.1. The third kappa shape index (κ3) is 7.50. The van der Waals surface area contributed by atoms with Crippen LogP contribution in [0.2, 0.25) is 0 Å². The van der Waals surface area contributed by atoms with Gasteiger partial charge in [-0.3, -0.25) is 4.79 Å². The number of halogens is 3. The Hall–Kier alpha value is -0.780. The molecule has 16 heavy (non-hydrogen) atoms. The van der Waals surface area contributed by atoms with Gasteiger partial charge in [-0.25, -0.2) is 0 Å². The number of alkyl halides is 3. The van der Waals surface area contributed by atoms with Gasteiger partial charge in [0.1, 0.15) is 6.54 Å². The van der Waals surface area contributed by atoms with E-state index in [-0.39, 0.29) is 6.04 Å². The Kier molecular flexibility index (Phi) is 6.40. The number of carbonyl (C=O) groups is 1. The van der Waals surface area contributed by atoms with Gasteiger partial charge >= 0.3 is 6.18 Å². The smallest absolute Gasteiger partial charge is 0.346 e. The van der Waals surface area contributed by atoms with Gasteiger partial charge in [0.25, 0.3) is 0 Å². The molecule has 0 saturated heterocycles. The van der Waals surface area contributed by atoms with E-state index in [1.54, 1.807) is 6.92 Å². The highest BCUT2D eigenvalue weighted by molar-refractivity contribution is 5.81. The molecule has 0 saturated carbocycles. The van der Waals surface area contributed by atoms with E-state index < -0.39 is 24.7 Å². The zero-order valence-electron chi connectivity index (χ0n) is 9.82. The van der Waals surface area contributed by atoms with Gasteiger partial charge in [-0.15, -0.1) is 0 Å². The molecule has 0 heterocycles. The van der Waals surface area contributed by atoms with Crippen molar-refractivity contribution < 1.29 is 18.0 Å². The molecular formula is C10H19F3N2O. The van der Waals surface area contributed by atoms with Gasteiger partial charge < -0.3 is 10.6 Å². The van der Waals surface area contributed by atoms with Crippen molar-refractivity contribution in [2.24, 2.45) is 0 Å². The molecular weight excluding hydrogens is 221 g/mol. The maximum absolute atomic E-state index is 11.8. The zero-order chi connectivity index (χ0) is 12.8. The van der Waals surface area contributed by atoms with Crippen LogP contribution >= 0.6 is 0 Å². The van der Waals surface area contributed by atoms with E-state index in [4.69, 9.17) is 0 Å². The summed E-state index contributed by atoms with van der Waals surface area (Å²) in [7, 11) is 0. The van der Waals surface area contributed by atoms with Crippen LogP contribution < -0.4 is 10.6 Å². The molecule has 2 atom stereocenters. The van der Waals surface area contributed by atoms with Crippen molar-refractivity contribution >= 4 is 5.91 Å². The van der Waals surface area contributed by atoms with Crippen LogP contribution in [-0.2, 0) is 4.79 Å². The highest BCUT2D eigenvalue weighted by Crippen LogP contribution is 2.12. The first-order valence-electron chi connectivity index (χ1n) is 5.36. The molecule has 0 aromatic heterocycles. The fourth-order valence-electron chi connectivity index (χ4n) is 1.36. The first-order valence-corrected chi connectivity index (χ1v) is 5.36. The molecule has 1 amide bonds. The summed E-state index contributed by atoms with van der Waals surface area (Å²) in [6.07, 6.45) is -2.51. The molecule has 0 aromatic carbocycles. The van der Waals surface area contributed by atoms with E-state index >= 15 is 0 Å². The Morgan fingerprint density at radius 3 is 2.31 bits per heavy atom. The number of rotatable bonds is 6. The van der Waals surface area contributed by atoms with Crippen LogP contribution in [0, 0.1) is 0 Å². The second-order valence-electron chi connectivity index (χ2n) is 3.91. The minimum atomic E-state index is -4.36.